The van der Waals surface area contributed by atoms with E-state index in [-0.39, 0.29) is 6.54 Å². The number of alkyl halides is 3. The summed E-state index contributed by atoms with van der Waals surface area (Å²) in [6.07, 6.45) is -4.36. The van der Waals surface area contributed by atoms with Crippen molar-refractivity contribution in [1.82, 2.24) is 0 Å². The zero-order valence-corrected chi connectivity index (χ0v) is 8.67. The highest BCUT2D eigenvalue weighted by Crippen LogP contribution is 2.31. The van der Waals surface area contributed by atoms with E-state index in [1.54, 1.807) is 6.92 Å². The molecule has 86 valence electrons. The fourth-order valence-electron chi connectivity index (χ4n) is 1.26. The lowest BCUT2D eigenvalue weighted by Gasteiger charge is -2.20. The first-order valence-electron chi connectivity index (χ1n) is 4.62. The fourth-order valence-corrected chi connectivity index (χ4v) is 1.26. The van der Waals surface area contributed by atoms with Gasteiger partial charge in [0.25, 0.3) is 0 Å². The second-order valence-corrected chi connectivity index (χ2v) is 3.72. The largest absolute Gasteiger partial charge is 0.416 e. The molecule has 5 heteroatoms. The standard InChI is InChI=1S/C11H11F3N2/c1-10(6-15,7-16)8-2-4-9(5-3-8)11(12,13)14/h2-5H,6,15H2,1H3. The lowest BCUT2D eigenvalue weighted by atomic mass is 9.84. The maximum atomic E-state index is 12.3. The van der Waals surface area contributed by atoms with Crippen molar-refractivity contribution in [3.8, 4) is 6.07 Å². The molecular formula is C11H11F3N2. The molecule has 1 aromatic rings. The van der Waals surface area contributed by atoms with Crippen molar-refractivity contribution in [3.63, 3.8) is 0 Å². The molecule has 2 N–H and O–H groups in total. The fraction of sp³-hybridized carbons (Fsp3) is 0.364. The number of nitrogens with two attached hydrogens (primary N) is 1. The molecule has 1 unspecified atom stereocenters. The lowest BCUT2D eigenvalue weighted by Crippen LogP contribution is -2.30. The van der Waals surface area contributed by atoms with Crippen molar-refractivity contribution in [2.45, 2.75) is 18.5 Å². The average molecular weight is 228 g/mol. The predicted octanol–water partition coefficient (Wildman–Crippen LogP) is 2.45. The molecule has 0 bridgehead atoms. The van der Waals surface area contributed by atoms with Gasteiger partial charge in [-0.1, -0.05) is 12.1 Å². The molecule has 1 aromatic carbocycles. The van der Waals surface area contributed by atoms with Crippen LogP contribution in [0.25, 0.3) is 0 Å². The van der Waals surface area contributed by atoms with Crippen molar-refractivity contribution >= 4 is 0 Å². The van der Waals surface area contributed by atoms with Crippen molar-refractivity contribution in [2.75, 3.05) is 6.54 Å². The third-order valence-corrected chi connectivity index (χ3v) is 2.50. The molecule has 0 saturated heterocycles. The van der Waals surface area contributed by atoms with Crippen LogP contribution in [0.3, 0.4) is 0 Å². The van der Waals surface area contributed by atoms with E-state index >= 15 is 0 Å². The van der Waals surface area contributed by atoms with Gasteiger partial charge in [0.15, 0.2) is 0 Å². The van der Waals surface area contributed by atoms with Crippen LogP contribution < -0.4 is 5.73 Å². The highest BCUT2D eigenvalue weighted by atomic mass is 19.4. The Labute approximate surface area is 91.5 Å². The van der Waals surface area contributed by atoms with Crippen LogP contribution >= 0.6 is 0 Å². The van der Waals surface area contributed by atoms with Crippen LogP contribution in [0.2, 0.25) is 0 Å². The molecule has 0 fully saturated rings. The molecule has 0 spiro atoms. The Hall–Kier alpha value is -1.54. The number of nitrogens with zero attached hydrogens (tertiary/aromatic N) is 1. The van der Waals surface area contributed by atoms with E-state index in [0.29, 0.717) is 5.56 Å². The third-order valence-electron chi connectivity index (χ3n) is 2.50. The van der Waals surface area contributed by atoms with Crippen LogP contribution in [0.5, 0.6) is 0 Å². The minimum absolute atomic E-state index is 0.0643. The Kier molecular flexibility index (Phi) is 3.24. The SMILES string of the molecule is CC(C#N)(CN)c1ccc(C(F)(F)F)cc1. The first-order chi connectivity index (χ1) is 7.33. The topological polar surface area (TPSA) is 49.8 Å². The Morgan fingerprint density at radius 3 is 1.94 bits per heavy atom. The normalized spacial score (nSPS) is 15.2. The van der Waals surface area contributed by atoms with E-state index in [0.717, 1.165) is 12.1 Å². The van der Waals surface area contributed by atoms with Gasteiger partial charge in [0.1, 0.15) is 0 Å². The van der Waals surface area contributed by atoms with E-state index < -0.39 is 17.2 Å². The van der Waals surface area contributed by atoms with Gasteiger partial charge in [-0.15, -0.1) is 0 Å². The molecule has 2 nitrogen and oxygen atoms in total. The minimum atomic E-state index is -4.36. The number of hydrogen-bond donors (Lipinski definition) is 1. The predicted molar refractivity (Wildman–Crippen MR) is 53.5 cm³/mol. The average Bonchev–Trinajstić information content (AvgIpc) is 2.27. The molecule has 16 heavy (non-hydrogen) atoms. The van der Waals surface area contributed by atoms with Crippen LogP contribution in [-0.4, -0.2) is 6.54 Å². The Bertz CT molecular complexity index is 403. The van der Waals surface area contributed by atoms with Crippen LogP contribution in [0.4, 0.5) is 13.2 Å². The smallest absolute Gasteiger partial charge is 0.329 e. The molecule has 0 radical (unpaired) electrons. The monoisotopic (exact) mass is 228 g/mol. The van der Waals surface area contributed by atoms with Crippen LogP contribution in [0, 0.1) is 11.3 Å². The Morgan fingerprint density at radius 1 is 1.19 bits per heavy atom. The zero-order chi connectivity index (χ0) is 12.4. The second kappa shape index (κ2) is 4.14. The van der Waals surface area contributed by atoms with Crippen LogP contribution in [0.15, 0.2) is 24.3 Å². The highest BCUT2D eigenvalue weighted by molar-refractivity contribution is 5.34. The number of rotatable bonds is 2. The summed E-state index contributed by atoms with van der Waals surface area (Å²) in [5.41, 5.74) is 4.25. The van der Waals surface area contributed by atoms with E-state index in [2.05, 4.69) is 0 Å². The van der Waals surface area contributed by atoms with Crippen molar-refractivity contribution < 1.29 is 13.2 Å². The number of hydrogen-bond acceptors (Lipinski definition) is 2. The summed E-state index contributed by atoms with van der Waals surface area (Å²) in [7, 11) is 0. The summed E-state index contributed by atoms with van der Waals surface area (Å²) >= 11 is 0. The molecule has 0 saturated carbocycles. The number of benzene rings is 1. The molecule has 0 aliphatic rings. The van der Waals surface area contributed by atoms with Gasteiger partial charge < -0.3 is 5.73 Å². The van der Waals surface area contributed by atoms with Crippen molar-refractivity contribution in [2.24, 2.45) is 5.73 Å². The maximum Gasteiger partial charge on any atom is 0.416 e. The van der Waals surface area contributed by atoms with Gasteiger partial charge in [0.2, 0.25) is 0 Å². The first kappa shape index (κ1) is 12.5. The Morgan fingerprint density at radius 2 is 1.62 bits per heavy atom. The molecule has 0 aliphatic heterocycles. The van der Waals surface area contributed by atoms with Gasteiger partial charge in [-0.25, -0.2) is 0 Å². The van der Waals surface area contributed by atoms with Gasteiger partial charge in [0.05, 0.1) is 17.0 Å². The van der Waals surface area contributed by atoms with Gasteiger partial charge in [0, 0.05) is 6.54 Å². The van der Waals surface area contributed by atoms with Crippen molar-refractivity contribution in [3.05, 3.63) is 35.4 Å². The van der Waals surface area contributed by atoms with E-state index in [1.807, 2.05) is 6.07 Å². The summed E-state index contributed by atoms with van der Waals surface area (Å²) in [5, 5.41) is 8.92. The summed E-state index contributed by atoms with van der Waals surface area (Å²) in [5.74, 6) is 0. The molecule has 0 aliphatic carbocycles. The third kappa shape index (κ3) is 2.34. The van der Waals surface area contributed by atoms with E-state index in [9.17, 15) is 13.2 Å². The summed E-state index contributed by atoms with van der Waals surface area (Å²) in [4.78, 5) is 0. The van der Waals surface area contributed by atoms with Gasteiger partial charge >= 0.3 is 6.18 Å². The van der Waals surface area contributed by atoms with Crippen molar-refractivity contribution in [1.29, 1.82) is 5.26 Å². The first-order valence-corrected chi connectivity index (χ1v) is 4.62. The maximum absolute atomic E-state index is 12.3. The van der Waals surface area contributed by atoms with Crippen LogP contribution in [-0.2, 0) is 11.6 Å². The zero-order valence-electron chi connectivity index (χ0n) is 8.67. The van der Waals surface area contributed by atoms with E-state index in [1.165, 1.54) is 12.1 Å². The minimum Gasteiger partial charge on any atom is -0.329 e. The van der Waals surface area contributed by atoms with Gasteiger partial charge in [-0.05, 0) is 24.6 Å². The molecule has 1 atom stereocenters. The van der Waals surface area contributed by atoms with Crippen LogP contribution in [0.1, 0.15) is 18.1 Å². The lowest BCUT2D eigenvalue weighted by molar-refractivity contribution is -0.137. The molecule has 0 amide bonds. The Balaban J connectivity index is 3.10. The van der Waals surface area contributed by atoms with E-state index in [4.69, 9.17) is 11.0 Å². The second-order valence-electron chi connectivity index (χ2n) is 3.72. The van der Waals surface area contributed by atoms with Gasteiger partial charge in [-0.3, -0.25) is 0 Å². The molecule has 0 aromatic heterocycles. The van der Waals surface area contributed by atoms with Gasteiger partial charge in [-0.2, -0.15) is 18.4 Å². The number of halogens is 3. The summed E-state index contributed by atoms with van der Waals surface area (Å²) < 4.78 is 36.9. The highest BCUT2D eigenvalue weighted by Gasteiger charge is 2.31. The molecule has 0 heterocycles. The summed E-state index contributed by atoms with van der Waals surface area (Å²) in [6, 6.07) is 6.50. The molecular weight excluding hydrogens is 217 g/mol. The quantitative estimate of drug-likeness (QED) is 0.845. The molecule has 1 rings (SSSR count). The number of nitriles is 1. The summed E-state index contributed by atoms with van der Waals surface area (Å²) in [6.45, 7) is 1.66.